The summed E-state index contributed by atoms with van der Waals surface area (Å²) < 4.78 is 6.89. The van der Waals surface area contributed by atoms with E-state index in [1.54, 1.807) is 18.2 Å². The number of halogens is 4. The molecule has 1 heterocycles. The highest BCUT2D eigenvalue weighted by Crippen LogP contribution is 2.36. The first kappa shape index (κ1) is 28.8. The van der Waals surface area contributed by atoms with Crippen LogP contribution in [0.2, 0.25) is 10.0 Å². The Labute approximate surface area is 250 Å². The molecule has 0 aliphatic carbocycles. The van der Waals surface area contributed by atoms with Gasteiger partial charge in [-0.1, -0.05) is 51.3 Å². The Balaban J connectivity index is 1.64. The minimum atomic E-state index is -0.935. The third-order valence-electron chi connectivity index (χ3n) is 5.83. The summed E-state index contributed by atoms with van der Waals surface area (Å²) in [5, 5.41) is 5.33. The molecule has 2 N–H and O–H groups in total. The third-order valence-corrected chi connectivity index (χ3v) is 7.61. The third kappa shape index (κ3) is 6.36. The molecule has 1 fully saturated rings. The molecule has 200 valence electrons. The number of ether oxygens (including phenoxy) is 1. The average molecular weight is 696 g/mol. The number of barbiturate groups is 1. The van der Waals surface area contributed by atoms with Crippen LogP contribution < -0.4 is 20.3 Å². The SMILES string of the molecule is Cc1cccc(NC(=O)COc2c(Br)cc(Br)cc2/C=C2/C(=O)NC(=O)N(c3ccc(Cl)c(Cl)c3)C2=O)c1C. The zero-order valence-electron chi connectivity index (χ0n) is 20.4. The Bertz CT molecular complexity index is 1580. The number of carbonyl (C=O) groups excluding carboxylic acids is 4. The minimum Gasteiger partial charge on any atom is -0.482 e. The second-order valence-corrected chi connectivity index (χ2v) is 11.0. The van der Waals surface area contributed by atoms with Crippen LogP contribution in [-0.2, 0) is 14.4 Å². The quantitative estimate of drug-likeness (QED) is 0.218. The van der Waals surface area contributed by atoms with Crippen LogP contribution in [0.25, 0.3) is 6.08 Å². The second-order valence-electron chi connectivity index (χ2n) is 8.45. The van der Waals surface area contributed by atoms with Crippen molar-refractivity contribution in [2.75, 3.05) is 16.8 Å². The normalized spacial score (nSPS) is 14.5. The number of anilines is 2. The van der Waals surface area contributed by atoms with Crippen molar-refractivity contribution in [3.8, 4) is 5.75 Å². The molecular formula is C27H19Br2Cl2N3O5. The van der Waals surface area contributed by atoms with Crippen molar-refractivity contribution in [3.63, 3.8) is 0 Å². The van der Waals surface area contributed by atoms with Crippen LogP contribution >= 0.6 is 55.1 Å². The molecule has 0 saturated carbocycles. The van der Waals surface area contributed by atoms with Gasteiger partial charge < -0.3 is 10.1 Å². The number of nitrogens with zero attached hydrogens (tertiary/aromatic N) is 1. The first-order chi connectivity index (χ1) is 18.5. The van der Waals surface area contributed by atoms with Gasteiger partial charge in [0.15, 0.2) is 6.61 Å². The van der Waals surface area contributed by atoms with Crippen molar-refractivity contribution in [1.82, 2.24) is 5.32 Å². The van der Waals surface area contributed by atoms with Crippen molar-refractivity contribution in [2.24, 2.45) is 0 Å². The summed E-state index contributed by atoms with van der Waals surface area (Å²) in [5.74, 6) is -1.96. The van der Waals surface area contributed by atoms with Gasteiger partial charge in [-0.05, 0) is 83.4 Å². The maximum atomic E-state index is 13.3. The van der Waals surface area contributed by atoms with Crippen LogP contribution in [0, 0.1) is 13.8 Å². The summed E-state index contributed by atoms with van der Waals surface area (Å²) in [7, 11) is 0. The van der Waals surface area contributed by atoms with Gasteiger partial charge in [-0.2, -0.15) is 0 Å². The Morgan fingerprint density at radius 2 is 1.79 bits per heavy atom. The predicted octanol–water partition coefficient (Wildman–Crippen LogP) is 6.82. The Morgan fingerprint density at radius 3 is 2.51 bits per heavy atom. The number of imide groups is 2. The molecule has 0 bridgehead atoms. The van der Waals surface area contributed by atoms with Gasteiger partial charge in [0, 0.05) is 15.7 Å². The highest BCUT2D eigenvalue weighted by atomic mass is 79.9. The van der Waals surface area contributed by atoms with Gasteiger partial charge in [0.1, 0.15) is 11.3 Å². The summed E-state index contributed by atoms with van der Waals surface area (Å²) in [4.78, 5) is 52.0. The van der Waals surface area contributed by atoms with Gasteiger partial charge in [0.2, 0.25) is 0 Å². The minimum absolute atomic E-state index is 0.125. The maximum absolute atomic E-state index is 13.3. The van der Waals surface area contributed by atoms with E-state index in [9.17, 15) is 19.2 Å². The molecule has 4 rings (SSSR count). The fourth-order valence-corrected chi connectivity index (χ4v) is 5.39. The summed E-state index contributed by atoms with van der Waals surface area (Å²) in [6.07, 6.45) is 1.28. The highest BCUT2D eigenvalue weighted by Gasteiger charge is 2.37. The lowest BCUT2D eigenvalue weighted by Crippen LogP contribution is -2.54. The average Bonchev–Trinajstić information content (AvgIpc) is 2.86. The standard InChI is InChI=1S/C27H19Br2Cl2N3O5/c1-13-4-3-5-22(14(13)2)32-23(35)12-39-24-15(8-16(28)10-19(24)29)9-18-25(36)33-27(38)34(26(18)37)17-6-7-20(30)21(31)11-17/h3-11H,12H2,1-2H3,(H,32,35)(H,33,36,38)/b18-9-. The van der Waals surface area contributed by atoms with Crippen LogP contribution in [0.15, 0.2) is 63.0 Å². The van der Waals surface area contributed by atoms with Crippen molar-refractivity contribution in [3.05, 3.63) is 89.8 Å². The Hall–Kier alpha value is -3.18. The molecule has 5 amide bonds. The molecule has 1 aliphatic rings. The summed E-state index contributed by atoms with van der Waals surface area (Å²) in [5.41, 5.74) is 2.72. The van der Waals surface area contributed by atoms with E-state index in [-0.39, 0.29) is 33.7 Å². The largest absolute Gasteiger partial charge is 0.482 e. The number of rotatable bonds is 6. The monoisotopic (exact) mass is 693 g/mol. The number of urea groups is 1. The molecule has 39 heavy (non-hydrogen) atoms. The zero-order valence-corrected chi connectivity index (χ0v) is 25.1. The van der Waals surface area contributed by atoms with Gasteiger partial charge >= 0.3 is 6.03 Å². The molecule has 0 spiro atoms. The molecule has 3 aromatic carbocycles. The molecule has 1 saturated heterocycles. The molecular weight excluding hydrogens is 677 g/mol. The van der Waals surface area contributed by atoms with Gasteiger partial charge in [-0.3, -0.25) is 19.7 Å². The predicted molar refractivity (Wildman–Crippen MR) is 157 cm³/mol. The molecule has 8 nitrogen and oxygen atoms in total. The van der Waals surface area contributed by atoms with Crippen molar-refractivity contribution < 1.29 is 23.9 Å². The topological polar surface area (TPSA) is 105 Å². The first-order valence-corrected chi connectivity index (χ1v) is 13.6. The number of hydrogen-bond donors (Lipinski definition) is 2. The molecule has 0 aromatic heterocycles. The zero-order chi connectivity index (χ0) is 28.4. The summed E-state index contributed by atoms with van der Waals surface area (Å²) in [6, 6.07) is 12.1. The smallest absolute Gasteiger partial charge is 0.335 e. The van der Waals surface area contributed by atoms with Crippen LogP contribution in [0.1, 0.15) is 16.7 Å². The van der Waals surface area contributed by atoms with Gasteiger partial charge in [0.25, 0.3) is 17.7 Å². The molecule has 1 aliphatic heterocycles. The van der Waals surface area contributed by atoms with Gasteiger partial charge in [-0.25, -0.2) is 9.69 Å². The molecule has 0 atom stereocenters. The van der Waals surface area contributed by atoms with Crippen LogP contribution in [0.3, 0.4) is 0 Å². The van der Waals surface area contributed by atoms with E-state index in [1.807, 2.05) is 26.0 Å². The highest BCUT2D eigenvalue weighted by molar-refractivity contribution is 9.11. The van der Waals surface area contributed by atoms with Crippen LogP contribution in [-0.4, -0.2) is 30.4 Å². The number of amides is 5. The van der Waals surface area contributed by atoms with E-state index >= 15 is 0 Å². The lowest BCUT2D eigenvalue weighted by molar-refractivity contribution is -0.122. The summed E-state index contributed by atoms with van der Waals surface area (Å²) in [6.45, 7) is 3.50. The number of nitrogens with one attached hydrogen (secondary N) is 2. The van der Waals surface area contributed by atoms with Gasteiger partial charge in [-0.15, -0.1) is 0 Å². The lowest BCUT2D eigenvalue weighted by Gasteiger charge is -2.26. The van der Waals surface area contributed by atoms with E-state index in [2.05, 4.69) is 42.5 Å². The number of aryl methyl sites for hydroxylation is 1. The summed E-state index contributed by atoms with van der Waals surface area (Å²) >= 11 is 18.8. The molecule has 0 radical (unpaired) electrons. The van der Waals surface area contributed by atoms with E-state index in [1.165, 1.54) is 24.3 Å². The van der Waals surface area contributed by atoms with E-state index in [0.717, 1.165) is 16.0 Å². The molecule has 12 heteroatoms. The maximum Gasteiger partial charge on any atom is 0.335 e. The fourth-order valence-electron chi connectivity index (χ4n) is 3.72. The number of hydrogen-bond acceptors (Lipinski definition) is 5. The van der Waals surface area contributed by atoms with Crippen LogP contribution in [0.5, 0.6) is 5.75 Å². The number of benzene rings is 3. The Kier molecular flexibility index (Phi) is 8.80. The van der Waals surface area contributed by atoms with Gasteiger partial charge in [0.05, 0.1) is 20.2 Å². The van der Waals surface area contributed by atoms with E-state index in [4.69, 9.17) is 27.9 Å². The van der Waals surface area contributed by atoms with E-state index in [0.29, 0.717) is 20.2 Å². The van der Waals surface area contributed by atoms with Crippen molar-refractivity contribution >= 4 is 96.3 Å². The Morgan fingerprint density at radius 1 is 1.05 bits per heavy atom. The van der Waals surface area contributed by atoms with Crippen LogP contribution in [0.4, 0.5) is 16.2 Å². The number of carbonyl (C=O) groups is 4. The molecule has 0 unspecified atom stereocenters. The van der Waals surface area contributed by atoms with Crippen molar-refractivity contribution in [1.29, 1.82) is 0 Å². The molecule has 3 aromatic rings. The lowest BCUT2D eigenvalue weighted by atomic mass is 10.1. The second kappa shape index (κ2) is 11.9. The van der Waals surface area contributed by atoms with E-state index < -0.39 is 23.8 Å². The fraction of sp³-hybridized carbons (Fsp3) is 0.111. The first-order valence-electron chi connectivity index (χ1n) is 11.3. The van der Waals surface area contributed by atoms with Crippen molar-refractivity contribution in [2.45, 2.75) is 13.8 Å².